The highest BCUT2D eigenvalue weighted by Gasteiger charge is 2.14. The summed E-state index contributed by atoms with van der Waals surface area (Å²) in [5.74, 6) is -2.48. The highest BCUT2D eigenvalue weighted by atomic mass is 19.1. The fourth-order valence-electron chi connectivity index (χ4n) is 1.66. The van der Waals surface area contributed by atoms with E-state index >= 15 is 0 Å². The van der Waals surface area contributed by atoms with Crippen molar-refractivity contribution in [2.45, 2.75) is 13.3 Å². The fraction of sp³-hybridized carbons (Fsp3) is 0.429. The number of anilines is 1. The maximum absolute atomic E-state index is 13.4. The van der Waals surface area contributed by atoms with Crippen molar-refractivity contribution >= 4 is 17.5 Å². The second-order valence-corrected chi connectivity index (χ2v) is 4.67. The number of amides is 2. The van der Waals surface area contributed by atoms with Gasteiger partial charge in [-0.25, -0.2) is 8.78 Å². The van der Waals surface area contributed by atoms with E-state index in [4.69, 9.17) is 0 Å². The predicted octanol–water partition coefficient (Wildman–Crippen LogP) is 1.36. The number of rotatable bonds is 7. The van der Waals surface area contributed by atoms with Crippen LogP contribution in [0.2, 0.25) is 0 Å². The summed E-state index contributed by atoms with van der Waals surface area (Å²) in [6.45, 7) is 2.39. The Labute approximate surface area is 122 Å². The molecule has 1 rings (SSSR count). The van der Waals surface area contributed by atoms with Crippen LogP contribution in [0.3, 0.4) is 0 Å². The smallest absolute Gasteiger partial charge is 0.238 e. The summed E-state index contributed by atoms with van der Waals surface area (Å²) in [6.07, 6.45) is 0.822. The average Bonchev–Trinajstić information content (AvgIpc) is 2.40. The molecule has 2 amide bonds. The van der Waals surface area contributed by atoms with Gasteiger partial charge >= 0.3 is 0 Å². The third-order valence-corrected chi connectivity index (χ3v) is 2.63. The molecule has 0 fully saturated rings. The normalized spacial score (nSPS) is 10.5. The summed E-state index contributed by atoms with van der Waals surface area (Å²) in [7, 11) is 1.57. The van der Waals surface area contributed by atoms with Gasteiger partial charge in [0.25, 0.3) is 0 Å². The van der Waals surface area contributed by atoms with E-state index < -0.39 is 23.2 Å². The Kier molecular flexibility index (Phi) is 6.74. The van der Waals surface area contributed by atoms with Crippen LogP contribution in [-0.2, 0) is 9.59 Å². The first-order chi connectivity index (χ1) is 9.93. The van der Waals surface area contributed by atoms with Gasteiger partial charge in [-0.05, 0) is 25.6 Å². The Morgan fingerprint density at radius 3 is 2.29 bits per heavy atom. The highest BCUT2D eigenvalue weighted by molar-refractivity contribution is 5.92. The van der Waals surface area contributed by atoms with E-state index in [1.54, 1.807) is 7.05 Å². The molecular weight excluding hydrogens is 280 g/mol. The van der Waals surface area contributed by atoms with E-state index in [0.717, 1.165) is 18.6 Å². The van der Waals surface area contributed by atoms with E-state index in [-0.39, 0.29) is 19.0 Å². The third kappa shape index (κ3) is 5.86. The second kappa shape index (κ2) is 8.31. The van der Waals surface area contributed by atoms with Gasteiger partial charge in [-0.3, -0.25) is 14.5 Å². The molecule has 0 aliphatic heterocycles. The van der Waals surface area contributed by atoms with E-state index in [1.165, 1.54) is 11.0 Å². The van der Waals surface area contributed by atoms with E-state index in [2.05, 4.69) is 10.6 Å². The van der Waals surface area contributed by atoms with Crippen LogP contribution in [0.4, 0.5) is 14.5 Å². The fourth-order valence-corrected chi connectivity index (χ4v) is 1.66. The van der Waals surface area contributed by atoms with Gasteiger partial charge in [0.15, 0.2) is 0 Å². The Hall–Kier alpha value is -2.02. The first-order valence-corrected chi connectivity index (χ1v) is 6.63. The minimum Gasteiger partial charge on any atom is -0.355 e. The van der Waals surface area contributed by atoms with Crippen molar-refractivity contribution in [2.75, 3.05) is 32.0 Å². The van der Waals surface area contributed by atoms with Crippen LogP contribution < -0.4 is 10.6 Å². The molecule has 0 aliphatic rings. The molecule has 0 unspecified atom stereocenters. The number of carbonyl (C=O) groups excluding carboxylic acids is 2. The monoisotopic (exact) mass is 299 g/mol. The molecule has 0 radical (unpaired) electrons. The van der Waals surface area contributed by atoms with Crippen molar-refractivity contribution in [3.8, 4) is 0 Å². The number of halogens is 2. The molecule has 7 heteroatoms. The molecule has 0 spiro atoms. The number of hydrogen-bond donors (Lipinski definition) is 2. The third-order valence-electron chi connectivity index (χ3n) is 2.63. The Bertz CT molecular complexity index is 489. The lowest BCUT2D eigenvalue weighted by Crippen LogP contribution is -2.39. The van der Waals surface area contributed by atoms with Gasteiger partial charge in [0, 0.05) is 6.54 Å². The number of benzene rings is 1. The summed E-state index contributed by atoms with van der Waals surface area (Å²) in [5.41, 5.74) is -0.480. The average molecular weight is 299 g/mol. The van der Waals surface area contributed by atoms with Gasteiger partial charge in [-0.1, -0.05) is 13.0 Å². The Balaban J connectivity index is 2.48. The zero-order chi connectivity index (χ0) is 15.8. The van der Waals surface area contributed by atoms with Crippen molar-refractivity contribution < 1.29 is 18.4 Å². The van der Waals surface area contributed by atoms with Crippen LogP contribution in [0.5, 0.6) is 0 Å². The van der Waals surface area contributed by atoms with Crippen molar-refractivity contribution in [1.29, 1.82) is 0 Å². The van der Waals surface area contributed by atoms with Gasteiger partial charge in [-0.2, -0.15) is 0 Å². The van der Waals surface area contributed by atoms with Crippen molar-refractivity contribution in [1.82, 2.24) is 10.2 Å². The Morgan fingerprint density at radius 1 is 1.14 bits per heavy atom. The SMILES string of the molecule is CCCNC(=O)CN(C)CC(=O)Nc1c(F)cccc1F. The first-order valence-electron chi connectivity index (χ1n) is 6.63. The van der Waals surface area contributed by atoms with E-state index in [9.17, 15) is 18.4 Å². The topological polar surface area (TPSA) is 61.4 Å². The number of nitrogens with one attached hydrogen (secondary N) is 2. The van der Waals surface area contributed by atoms with Crippen LogP contribution >= 0.6 is 0 Å². The summed E-state index contributed by atoms with van der Waals surface area (Å²) < 4.78 is 26.7. The summed E-state index contributed by atoms with van der Waals surface area (Å²) >= 11 is 0. The predicted molar refractivity (Wildman–Crippen MR) is 75.8 cm³/mol. The molecule has 116 valence electrons. The molecule has 0 aliphatic carbocycles. The first kappa shape index (κ1) is 17.0. The lowest BCUT2D eigenvalue weighted by Gasteiger charge is -2.16. The van der Waals surface area contributed by atoms with E-state index in [1.807, 2.05) is 6.92 Å². The van der Waals surface area contributed by atoms with Crippen LogP contribution in [-0.4, -0.2) is 43.4 Å². The van der Waals surface area contributed by atoms with Gasteiger partial charge in [0.05, 0.1) is 13.1 Å². The highest BCUT2D eigenvalue weighted by Crippen LogP contribution is 2.17. The van der Waals surface area contributed by atoms with Gasteiger partial charge in [0.1, 0.15) is 17.3 Å². The van der Waals surface area contributed by atoms with Crippen molar-refractivity contribution in [3.05, 3.63) is 29.8 Å². The number of nitrogens with zero attached hydrogens (tertiary/aromatic N) is 1. The van der Waals surface area contributed by atoms with Crippen LogP contribution in [0.15, 0.2) is 18.2 Å². The summed E-state index contributed by atoms with van der Waals surface area (Å²) in [5, 5.41) is 4.84. The number of carbonyl (C=O) groups is 2. The molecule has 0 bridgehead atoms. The minimum atomic E-state index is -0.841. The standard InChI is InChI=1S/C14H19F2N3O2/c1-3-7-17-12(20)8-19(2)9-13(21)18-14-10(15)5-4-6-11(14)16/h4-6H,3,7-9H2,1-2H3,(H,17,20)(H,18,21). The zero-order valence-electron chi connectivity index (χ0n) is 12.1. The van der Waals surface area contributed by atoms with E-state index in [0.29, 0.717) is 6.54 Å². The summed E-state index contributed by atoms with van der Waals surface area (Å²) in [6, 6.07) is 3.33. The van der Waals surface area contributed by atoms with Gasteiger partial charge in [0.2, 0.25) is 11.8 Å². The lowest BCUT2D eigenvalue weighted by molar-refractivity contribution is -0.122. The number of likely N-dealkylation sites (N-methyl/N-ethyl adjacent to an activating group) is 1. The lowest BCUT2D eigenvalue weighted by atomic mass is 10.3. The largest absolute Gasteiger partial charge is 0.355 e. The molecule has 1 aromatic rings. The van der Waals surface area contributed by atoms with Gasteiger partial charge in [-0.15, -0.1) is 0 Å². The molecule has 0 saturated heterocycles. The maximum atomic E-state index is 13.4. The number of para-hydroxylation sites is 1. The van der Waals surface area contributed by atoms with Crippen LogP contribution in [0, 0.1) is 11.6 Å². The molecule has 21 heavy (non-hydrogen) atoms. The molecule has 5 nitrogen and oxygen atoms in total. The molecule has 0 atom stereocenters. The van der Waals surface area contributed by atoms with Crippen LogP contribution in [0.25, 0.3) is 0 Å². The molecular formula is C14H19F2N3O2. The van der Waals surface area contributed by atoms with Crippen LogP contribution in [0.1, 0.15) is 13.3 Å². The molecule has 1 aromatic carbocycles. The Morgan fingerprint density at radius 2 is 1.71 bits per heavy atom. The molecule has 0 saturated carbocycles. The van der Waals surface area contributed by atoms with Crippen molar-refractivity contribution in [3.63, 3.8) is 0 Å². The quantitative estimate of drug-likeness (QED) is 0.799. The second-order valence-electron chi connectivity index (χ2n) is 4.67. The van der Waals surface area contributed by atoms with Gasteiger partial charge < -0.3 is 10.6 Å². The van der Waals surface area contributed by atoms with Crippen molar-refractivity contribution in [2.24, 2.45) is 0 Å². The zero-order valence-corrected chi connectivity index (χ0v) is 12.1. The summed E-state index contributed by atoms with van der Waals surface area (Å²) in [4.78, 5) is 24.6. The minimum absolute atomic E-state index is 0.0349. The maximum Gasteiger partial charge on any atom is 0.238 e. The molecule has 2 N–H and O–H groups in total. The number of hydrogen-bond acceptors (Lipinski definition) is 3. The molecule has 0 heterocycles. The molecule has 0 aromatic heterocycles.